The largest absolute Gasteiger partial charge is 0.491 e. The highest BCUT2D eigenvalue weighted by atomic mass is 16.7. The molecule has 3 heterocycles. The maximum absolute atomic E-state index is 13.5. The van der Waals surface area contributed by atoms with Crippen molar-refractivity contribution in [3.8, 4) is 28.4 Å². The highest BCUT2D eigenvalue weighted by Crippen LogP contribution is 2.33. The zero-order valence-electron chi connectivity index (χ0n) is 21.0. The van der Waals surface area contributed by atoms with E-state index in [2.05, 4.69) is 41.4 Å². The molecule has 0 saturated heterocycles. The van der Waals surface area contributed by atoms with Gasteiger partial charge in [0, 0.05) is 43.0 Å². The molecule has 2 aliphatic rings. The van der Waals surface area contributed by atoms with Crippen molar-refractivity contribution in [2.75, 3.05) is 33.2 Å². The van der Waals surface area contributed by atoms with E-state index in [1.807, 2.05) is 29.3 Å². The van der Waals surface area contributed by atoms with Crippen LogP contribution in [0.5, 0.6) is 17.2 Å². The lowest BCUT2D eigenvalue weighted by atomic mass is 9.98. The van der Waals surface area contributed by atoms with Gasteiger partial charge < -0.3 is 23.8 Å². The third-order valence-corrected chi connectivity index (χ3v) is 6.71. The van der Waals surface area contributed by atoms with E-state index < -0.39 is 0 Å². The van der Waals surface area contributed by atoms with Gasteiger partial charge in [0.05, 0.1) is 13.2 Å². The number of benzene rings is 3. The Labute approximate surface area is 221 Å². The summed E-state index contributed by atoms with van der Waals surface area (Å²) >= 11 is 0. The van der Waals surface area contributed by atoms with E-state index in [9.17, 15) is 4.79 Å². The lowest BCUT2D eigenvalue weighted by Gasteiger charge is -2.24. The zero-order valence-corrected chi connectivity index (χ0v) is 21.0. The summed E-state index contributed by atoms with van der Waals surface area (Å²) in [5, 5.41) is 0. The van der Waals surface area contributed by atoms with E-state index in [0.29, 0.717) is 56.4 Å². The van der Waals surface area contributed by atoms with E-state index in [1.165, 1.54) is 0 Å². The first-order valence-electron chi connectivity index (χ1n) is 12.7. The predicted molar refractivity (Wildman–Crippen MR) is 143 cm³/mol. The fraction of sp³-hybridized carbons (Fsp3) is 0.226. The SMILES string of the molecule is O=C(c1ccc2c(c1)OCO2)N1CCOCCOc2ccc(-c3cccnc3)cc2Cc2cccc(c2)C1. The fourth-order valence-corrected chi connectivity index (χ4v) is 4.80. The summed E-state index contributed by atoms with van der Waals surface area (Å²) in [6, 6.07) is 23.9. The summed E-state index contributed by atoms with van der Waals surface area (Å²) in [7, 11) is 0. The van der Waals surface area contributed by atoms with Gasteiger partial charge in [-0.15, -0.1) is 0 Å². The van der Waals surface area contributed by atoms with E-state index in [4.69, 9.17) is 18.9 Å². The Balaban J connectivity index is 1.28. The molecule has 38 heavy (non-hydrogen) atoms. The molecule has 0 radical (unpaired) electrons. The molecule has 0 atom stereocenters. The molecule has 0 spiro atoms. The van der Waals surface area contributed by atoms with Crippen LogP contribution >= 0.6 is 0 Å². The van der Waals surface area contributed by atoms with Crippen LogP contribution in [0, 0.1) is 0 Å². The van der Waals surface area contributed by atoms with Crippen molar-refractivity contribution in [2.24, 2.45) is 0 Å². The summed E-state index contributed by atoms with van der Waals surface area (Å²) in [4.78, 5) is 19.6. The van der Waals surface area contributed by atoms with Crippen LogP contribution in [0.4, 0.5) is 0 Å². The van der Waals surface area contributed by atoms with Gasteiger partial charge in [-0.3, -0.25) is 9.78 Å². The van der Waals surface area contributed by atoms with Crippen molar-refractivity contribution in [2.45, 2.75) is 13.0 Å². The number of ether oxygens (including phenoxy) is 4. The van der Waals surface area contributed by atoms with E-state index in [-0.39, 0.29) is 12.7 Å². The summed E-state index contributed by atoms with van der Waals surface area (Å²) in [5.74, 6) is 2.03. The predicted octanol–water partition coefficient (Wildman–Crippen LogP) is 5.12. The van der Waals surface area contributed by atoms with Gasteiger partial charge in [0.2, 0.25) is 6.79 Å². The summed E-state index contributed by atoms with van der Waals surface area (Å²) in [6.45, 7) is 2.38. The van der Waals surface area contributed by atoms with Gasteiger partial charge in [-0.2, -0.15) is 0 Å². The van der Waals surface area contributed by atoms with Crippen LogP contribution in [0.15, 0.2) is 85.2 Å². The van der Waals surface area contributed by atoms with Crippen molar-refractivity contribution in [1.29, 1.82) is 0 Å². The molecule has 6 rings (SSSR count). The van der Waals surface area contributed by atoms with Crippen LogP contribution in [-0.4, -0.2) is 48.9 Å². The first-order chi connectivity index (χ1) is 18.7. The van der Waals surface area contributed by atoms with Gasteiger partial charge in [-0.25, -0.2) is 0 Å². The average molecular weight is 509 g/mol. The van der Waals surface area contributed by atoms with E-state index >= 15 is 0 Å². The molecule has 4 aromatic rings. The van der Waals surface area contributed by atoms with Crippen LogP contribution in [-0.2, 0) is 17.7 Å². The number of hydrogen-bond donors (Lipinski definition) is 0. The molecule has 2 bridgehead atoms. The van der Waals surface area contributed by atoms with Crippen molar-refractivity contribution >= 4 is 5.91 Å². The molecule has 7 heteroatoms. The van der Waals surface area contributed by atoms with Gasteiger partial charge in [-0.05, 0) is 58.7 Å². The number of nitrogens with zero attached hydrogens (tertiary/aromatic N) is 2. The molecule has 192 valence electrons. The topological polar surface area (TPSA) is 70.1 Å². The third-order valence-electron chi connectivity index (χ3n) is 6.71. The van der Waals surface area contributed by atoms with Gasteiger partial charge in [0.25, 0.3) is 5.91 Å². The number of rotatable bonds is 2. The second-order valence-corrected chi connectivity index (χ2v) is 9.32. The monoisotopic (exact) mass is 508 g/mol. The van der Waals surface area contributed by atoms with Crippen molar-refractivity contribution in [1.82, 2.24) is 9.88 Å². The smallest absolute Gasteiger partial charge is 0.254 e. The highest BCUT2D eigenvalue weighted by molar-refractivity contribution is 5.95. The Morgan fingerprint density at radius 2 is 1.66 bits per heavy atom. The van der Waals surface area contributed by atoms with Crippen LogP contribution in [0.25, 0.3) is 11.1 Å². The number of pyridine rings is 1. The average Bonchev–Trinajstić information content (AvgIpc) is 3.43. The first kappa shape index (κ1) is 24.0. The molecule has 1 aromatic heterocycles. The summed E-state index contributed by atoms with van der Waals surface area (Å²) < 4.78 is 22.9. The molecule has 3 aromatic carbocycles. The molecule has 0 unspecified atom stereocenters. The summed E-state index contributed by atoms with van der Waals surface area (Å²) in [6.07, 6.45) is 4.35. The maximum atomic E-state index is 13.5. The first-order valence-corrected chi connectivity index (χ1v) is 12.7. The molecule has 0 N–H and O–H groups in total. The number of carbonyl (C=O) groups excluding carboxylic acids is 1. The van der Waals surface area contributed by atoms with Gasteiger partial charge in [0.1, 0.15) is 12.4 Å². The van der Waals surface area contributed by atoms with Crippen LogP contribution < -0.4 is 14.2 Å². The molecule has 1 amide bonds. The molecule has 0 aliphatic carbocycles. The lowest BCUT2D eigenvalue weighted by Crippen LogP contribution is -2.34. The van der Waals surface area contributed by atoms with E-state index in [1.54, 1.807) is 24.4 Å². The second kappa shape index (κ2) is 10.9. The number of carbonyl (C=O) groups is 1. The number of hydrogen-bond acceptors (Lipinski definition) is 6. The summed E-state index contributed by atoms with van der Waals surface area (Å²) in [5.41, 5.74) is 6.01. The normalized spacial score (nSPS) is 15.2. The van der Waals surface area contributed by atoms with Crippen molar-refractivity contribution in [3.05, 3.63) is 107 Å². The Morgan fingerprint density at radius 3 is 2.58 bits per heavy atom. The number of aromatic nitrogens is 1. The standard InChI is InChI=1S/C31H28N2O5/c34-31(25-7-9-29-30(18-25)38-21-37-29)33-11-12-35-13-14-36-28-8-6-24(26-5-2-10-32-19-26)17-27(28)16-22-3-1-4-23(15-22)20-33/h1-10,15,17-19H,11-14,16,20-21H2. The Kier molecular flexibility index (Phi) is 6.91. The number of fused-ring (bicyclic) bond motifs is 4. The maximum Gasteiger partial charge on any atom is 0.254 e. The molecular weight excluding hydrogens is 480 g/mol. The Hall–Kier alpha value is -4.36. The van der Waals surface area contributed by atoms with Crippen LogP contribution in [0.3, 0.4) is 0 Å². The van der Waals surface area contributed by atoms with Crippen molar-refractivity contribution < 1.29 is 23.7 Å². The minimum absolute atomic E-state index is 0.0768. The van der Waals surface area contributed by atoms with Crippen LogP contribution in [0.1, 0.15) is 27.0 Å². The lowest BCUT2D eigenvalue weighted by molar-refractivity contribution is 0.0571. The zero-order chi connectivity index (χ0) is 25.7. The van der Waals surface area contributed by atoms with Gasteiger partial charge in [-0.1, -0.05) is 36.4 Å². The minimum Gasteiger partial charge on any atom is -0.491 e. The third kappa shape index (κ3) is 5.33. The number of amides is 1. The molecule has 7 nitrogen and oxygen atoms in total. The van der Waals surface area contributed by atoms with Gasteiger partial charge >= 0.3 is 0 Å². The molecular formula is C31H28N2O5. The minimum atomic E-state index is -0.0768. The Bertz CT molecular complexity index is 1440. The molecule has 0 saturated carbocycles. The van der Waals surface area contributed by atoms with Gasteiger partial charge in [0.15, 0.2) is 11.5 Å². The van der Waals surface area contributed by atoms with E-state index in [0.717, 1.165) is 33.6 Å². The fourth-order valence-electron chi connectivity index (χ4n) is 4.80. The Morgan fingerprint density at radius 1 is 0.763 bits per heavy atom. The van der Waals surface area contributed by atoms with Crippen molar-refractivity contribution in [3.63, 3.8) is 0 Å². The quantitative estimate of drug-likeness (QED) is 0.374. The van der Waals surface area contributed by atoms with Crippen LogP contribution in [0.2, 0.25) is 0 Å². The molecule has 0 fully saturated rings. The second-order valence-electron chi connectivity index (χ2n) is 9.32. The highest BCUT2D eigenvalue weighted by Gasteiger charge is 2.21. The molecule has 2 aliphatic heterocycles.